The van der Waals surface area contributed by atoms with E-state index in [9.17, 15) is 0 Å². The van der Waals surface area contributed by atoms with Gasteiger partial charge in [-0.2, -0.15) is 0 Å². The summed E-state index contributed by atoms with van der Waals surface area (Å²) in [5.41, 5.74) is 10.2. The first-order valence-corrected chi connectivity index (χ1v) is 20.7. The number of furan rings is 1. The standard InChI is InChI=1S/C33H20NO.C14H16NSi.Ir/c1-2-7-22(8-3-1)24-17-18-34-31(20-24)26-13-15-29-30-19-25(14-16-32(30)35-33(29)21-26)28-12-6-10-23-9-4-5-11-27(23)28;1-16(2,3)13-9-10-14(15-11-13)12-7-5-4-6-8-12;/h1-20H;4-7,9-11H,1-3H3;/q2*-1;. The Kier molecular flexibility index (Phi) is 10.1. The second kappa shape index (κ2) is 15.0. The van der Waals surface area contributed by atoms with Gasteiger partial charge < -0.3 is 14.4 Å². The Morgan fingerprint density at radius 2 is 1.37 bits per heavy atom. The summed E-state index contributed by atoms with van der Waals surface area (Å²) in [7, 11) is -1.23. The minimum atomic E-state index is -1.23. The first-order chi connectivity index (χ1) is 24.9. The number of rotatable bonds is 5. The minimum absolute atomic E-state index is 0. The van der Waals surface area contributed by atoms with Crippen LogP contribution in [0.5, 0.6) is 0 Å². The minimum Gasteiger partial charge on any atom is -0.477 e. The average molecular weight is 865 g/mol. The van der Waals surface area contributed by atoms with E-state index in [1.54, 1.807) is 0 Å². The van der Waals surface area contributed by atoms with Crippen LogP contribution >= 0.6 is 0 Å². The first-order valence-electron chi connectivity index (χ1n) is 17.2. The van der Waals surface area contributed by atoms with E-state index in [4.69, 9.17) is 4.42 Å². The molecule has 0 unspecified atom stereocenters. The van der Waals surface area contributed by atoms with Gasteiger partial charge in [0.25, 0.3) is 0 Å². The van der Waals surface area contributed by atoms with Crippen LogP contribution in [0, 0.1) is 12.1 Å². The van der Waals surface area contributed by atoms with Gasteiger partial charge in [0.1, 0.15) is 5.58 Å². The van der Waals surface area contributed by atoms with E-state index < -0.39 is 8.07 Å². The van der Waals surface area contributed by atoms with Gasteiger partial charge in [-0.15, -0.1) is 53.6 Å². The van der Waals surface area contributed by atoms with Gasteiger partial charge in [-0.1, -0.05) is 134 Å². The van der Waals surface area contributed by atoms with Crippen LogP contribution in [0.25, 0.3) is 77.5 Å². The van der Waals surface area contributed by atoms with Crippen LogP contribution in [0.3, 0.4) is 0 Å². The van der Waals surface area contributed by atoms with E-state index >= 15 is 0 Å². The molecular formula is C47H36IrN2OSi-2. The van der Waals surface area contributed by atoms with Crippen LogP contribution in [-0.4, -0.2) is 18.0 Å². The van der Waals surface area contributed by atoms with Gasteiger partial charge >= 0.3 is 0 Å². The van der Waals surface area contributed by atoms with Gasteiger partial charge in [-0.3, -0.25) is 0 Å². The van der Waals surface area contributed by atoms with Gasteiger partial charge in [0, 0.05) is 32.5 Å². The number of fused-ring (bicyclic) bond motifs is 4. The van der Waals surface area contributed by atoms with Crippen molar-refractivity contribution in [1.82, 2.24) is 9.97 Å². The monoisotopic (exact) mass is 865 g/mol. The Hall–Kier alpha value is -5.45. The summed E-state index contributed by atoms with van der Waals surface area (Å²) in [6.45, 7) is 7.00. The second-order valence-corrected chi connectivity index (χ2v) is 18.8. The maximum absolute atomic E-state index is 6.22. The molecule has 0 aliphatic carbocycles. The third kappa shape index (κ3) is 7.30. The van der Waals surface area contributed by atoms with E-state index in [0.29, 0.717) is 0 Å². The fourth-order valence-electron chi connectivity index (χ4n) is 6.44. The molecule has 3 aromatic heterocycles. The third-order valence-corrected chi connectivity index (χ3v) is 11.3. The molecule has 0 saturated carbocycles. The SMILES string of the molecule is C[Si](C)(C)c1ccc(-c2[c-]cccc2)nc1.[Ir].[c-]1c(-c2cc(-c3ccccc3)ccn2)ccc2c1oc1ccc(-c3cccc4ccccc34)cc12. The predicted molar refractivity (Wildman–Crippen MR) is 216 cm³/mol. The number of hydrogen-bond donors (Lipinski definition) is 0. The Labute approximate surface area is 319 Å². The maximum Gasteiger partial charge on any atom is 0.123 e. The van der Waals surface area contributed by atoms with Crippen LogP contribution < -0.4 is 5.19 Å². The topological polar surface area (TPSA) is 38.9 Å². The van der Waals surface area contributed by atoms with Crippen molar-refractivity contribution in [3.05, 3.63) is 176 Å². The summed E-state index contributed by atoms with van der Waals surface area (Å²) >= 11 is 0. The van der Waals surface area contributed by atoms with Crippen molar-refractivity contribution in [2.75, 3.05) is 0 Å². The van der Waals surface area contributed by atoms with Gasteiger partial charge in [0.05, 0.1) is 13.7 Å². The second-order valence-electron chi connectivity index (χ2n) is 13.7. The van der Waals surface area contributed by atoms with Gasteiger partial charge in [0.15, 0.2) is 0 Å². The molecule has 1 radical (unpaired) electrons. The molecule has 0 atom stereocenters. The zero-order valence-electron chi connectivity index (χ0n) is 29.2. The summed E-state index contributed by atoms with van der Waals surface area (Å²) in [5.74, 6) is 0. The molecule has 0 N–H and O–H groups in total. The number of pyridine rings is 2. The molecule has 0 fully saturated rings. The molecular weight excluding hydrogens is 829 g/mol. The number of benzene rings is 6. The Bertz CT molecular complexity index is 2610. The molecule has 3 nitrogen and oxygen atoms in total. The summed E-state index contributed by atoms with van der Waals surface area (Å²) in [4.78, 5) is 9.12. The molecule has 52 heavy (non-hydrogen) atoms. The summed E-state index contributed by atoms with van der Waals surface area (Å²) in [6, 6.07) is 59.0. The molecule has 0 amide bonds. The van der Waals surface area contributed by atoms with Crippen LogP contribution in [0.2, 0.25) is 19.6 Å². The van der Waals surface area contributed by atoms with Crippen molar-refractivity contribution in [1.29, 1.82) is 0 Å². The zero-order valence-corrected chi connectivity index (χ0v) is 32.6. The van der Waals surface area contributed by atoms with E-state index in [2.05, 4.69) is 157 Å². The Morgan fingerprint density at radius 1 is 0.558 bits per heavy atom. The van der Waals surface area contributed by atoms with Crippen molar-refractivity contribution in [3.63, 3.8) is 0 Å². The van der Waals surface area contributed by atoms with Crippen molar-refractivity contribution < 1.29 is 24.5 Å². The fourth-order valence-corrected chi connectivity index (χ4v) is 7.47. The summed E-state index contributed by atoms with van der Waals surface area (Å²) < 4.78 is 6.22. The zero-order chi connectivity index (χ0) is 34.8. The molecule has 6 aromatic carbocycles. The fraction of sp³-hybridized carbons (Fsp3) is 0.0638. The summed E-state index contributed by atoms with van der Waals surface area (Å²) in [6.07, 6.45) is 3.87. The molecule has 255 valence electrons. The molecule has 0 saturated heterocycles. The summed E-state index contributed by atoms with van der Waals surface area (Å²) in [5, 5.41) is 6.04. The van der Waals surface area contributed by atoms with Crippen molar-refractivity contribution >= 4 is 46.0 Å². The van der Waals surface area contributed by atoms with Crippen molar-refractivity contribution in [2.45, 2.75) is 19.6 Å². The van der Waals surface area contributed by atoms with Crippen molar-refractivity contribution in [3.8, 4) is 44.8 Å². The molecule has 0 aliphatic rings. The number of hydrogen-bond acceptors (Lipinski definition) is 3. The van der Waals surface area contributed by atoms with E-state index in [0.717, 1.165) is 50.0 Å². The molecule has 0 aliphatic heterocycles. The van der Waals surface area contributed by atoms with E-state index in [-0.39, 0.29) is 20.1 Å². The quantitative estimate of drug-likeness (QED) is 0.128. The van der Waals surface area contributed by atoms with Gasteiger partial charge in [-0.05, 0) is 67.1 Å². The van der Waals surface area contributed by atoms with Crippen molar-refractivity contribution in [2.24, 2.45) is 0 Å². The van der Waals surface area contributed by atoms with Crippen LogP contribution in [0.15, 0.2) is 168 Å². The van der Waals surface area contributed by atoms with Gasteiger partial charge in [0.2, 0.25) is 0 Å². The Balaban J connectivity index is 0.000000209. The molecule has 9 rings (SSSR count). The van der Waals surface area contributed by atoms with E-state index in [1.165, 1.54) is 32.6 Å². The normalized spacial score (nSPS) is 11.2. The molecule has 3 heterocycles. The number of aromatic nitrogens is 2. The molecule has 5 heteroatoms. The largest absolute Gasteiger partial charge is 0.477 e. The smallest absolute Gasteiger partial charge is 0.123 e. The molecule has 9 aromatic rings. The van der Waals surface area contributed by atoms with E-state index in [1.807, 2.05) is 48.8 Å². The van der Waals surface area contributed by atoms with Crippen LogP contribution in [0.4, 0.5) is 0 Å². The van der Waals surface area contributed by atoms with Crippen LogP contribution in [-0.2, 0) is 20.1 Å². The van der Waals surface area contributed by atoms with Gasteiger partial charge in [-0.25, -0.2) is 0 Å². The third-order valence-electron chi connectivity index (χ3n) is 9.25. The first kappa shape index (κ1) is 35.0. The Morgan fingerprint density at radius 3 is 2.15 bits per heavy atom. The maximum atomic E-state index is 6.22. The molecule has 0 bridgehead atoms. The number of nitrogens with zero attached hydrogens (tertiary/aromatic N) is 2. The average Bonchev–Trinajstić information content (AvgIpc) is 3.56. The predicted octanol–water partition coefficient (Wildman–Crippen LogP) is 12.0. The molecule has 0 spiro atoms. The van der Waals surface area contributed by atoms with Crippen LogP contribution in [0.1, 0.15) is 0 Å².